The Kier molecular flexibility index (Phi) is 5.47. The summed E-state index contributed by atoms with van der Waals surface area (Å²) < 4.78 is 18.6. The standard InChI is InChI=1S/C20H22FNO2/c21-18-8-10-19(11-9-18)24-15-17-7-4-12-22(14-17)20(23)13-16-5-2-1-3-6-16/h1-3,5-6,8-11,17H,4,7,12-15H2. The number of hydrogen-bond donors (Lipinski definition) is 0. The molecule has 0 radical (unpaired) electrons. The molecule has 0 bridgehead atoms. The van der Waals surface area contributed by atoms with Crippen LogP contribution in [0.1, 0.15) is 18.4 Å². The first-order chi connectivity index (χ1) is 11.7. The SMILES string of the molecule is O=C(Cc1ccccc1)N1CCCC(COc2ccc(F)cc2)C1. The molecule has 3 rings (SSSR count). The quantitative estimate of drug-likeness (QED) is 0.838. The smallest absolute Gasteiger partial charge is 0.227 e. The van der Waals surface area contributed by atoms with E-state index in [2.05, 4.69) is 0 Å². The zero-order valence-electron chi connectivity index (χ0n) is 13.7. The first-order valence-electron chi connectivity index (χ1n) is 8.41. The fourth-order valence-corrected chi connectivity index (χ4v) is 3.05. The van der Waals surface area contributed by atoms with Gasteiger partial charge in [-0.1, -0.05) is 30.3 Å². The second-order valence-electron chi connectivity index (χ2n) is 6.28. The van der Waals surface area contributed by atoms with E-state index in [1.807, 2.05) is 35.2 Å². The van der Waals surface area contributed by atoms with Gasteiger partial charge in [0.2, 0.25) is 5.91 Å². The highest BCUT2D eigenvalue weighted by molar-refractivity contribution is 5.78. The molecule has 1 atom stereocenters. The third kappa shape index (κ3) is 4.57. The molecule has 4 heteroatoms. The van der Waals surface area contributed by atoms with Gasteiger partial charge in [-0.2, -0.15) is 0 Å². The molecular formula is C20H22FNO2. The second kappa shape index (κ2) is 7.95. The second-order valence-corrected chi connectivity index (χ2v) is 6.28. The minimum absolute atomic E-state index is 0.174. The van der Waals surface area contributed by atoms with E-state index < -0.39 is 0 Å². The molecule has 126 valence electrons. The largest absolute Gasteiger partial charge is 0.493 e. The summed E-state index contributed by atoms with van der Waals surface area (Å²) in [5.41, 5.74) is 1.05. The molecule has 1 unspecified atom stereocenters. The van der Waals surface area contributed by atoms with Crippen molar-refractivity contribution in [2.45, 2.75) is 19.3 Å². The first kappa shape index (κ1) is 16.5. The van der Waals surface area contributed by atoms with Crippen LogP contribution in [0.15, 0.2) is 54.6 Å². The van der Waals surface area contributed by atoms with Crippen LogP contribution >= 0.6 is 0 Å². The minimum Gasteiger partial charge on any atom is -0.493 e. The highest BCUT2D eigenvalue weighted by Crippen LogP contribution is 2.20. The Morgan fingerprint density at radius 3 is 2.62 bits per heavy atom. The highest BCUT2D eigenvalue weighted by Gasteiger charge is 2.24. The van der Waals surface area contributed by atoms with Crippen LogP contribution < -0.4 is 4.74 Å². The maximum absolute atomic E-state index is 12.9. The highest BCUT2D eigenvalue weighted by atomic mass is 19.1. The van der Waals surface area contributed by atoms with Crippen molar-refractivity contribution < 1.29 is 13.9 Å². The summed E-state index contributed by atoms with van der Waals surface area (Å²) in [7, 11) is 0. The zero-order chi connectivity index (χ0) is 16.8. The Labute approximate surface area is 142 Å². The normalized spacial score (nSPS) is 17.5. The lowest BCUT2D eigenvalue weighted by Gasteiger charge is -2.32. The lowest BCUT2D eigenvalue weighted by Crippen LogP contribution is -2.42. The van der Waals surface area contributed by atoms with Crippen molar-refractivity contribution in [3.63, 3.8) is 0 Å². The summed E-state index contributed by atoms with van der Waals surface area (Å²) in [6.45, 7) is 2.10. The number of carbonyl (C=O) groups excluding carboxylic acids is 1. The summed E-state index contributed by atoms with van der Waals surface area (Å²) >= 11 is 0. The summed E-state index contributed by atoms with van der Waals surface area (Å²) in [4.78, 5) is 14.4. The van der Waals surface area contributed by atoms with Crippen LogP contribution in [0.2, 0.25) is 0 Å². The van der Waals surface area contributed by atoms with Crippen LogP contribution in [-0.4, -0.2) is 30.5 Å². The van der Waals surface area contributed by atoms with Gasteiger partial charge < -0.3 is 9.64 Å². The molecular weight excluding hydrogens is 305 g/mol. The van der Waals surface area contributed by atoms with Gasteiger partial charge in [-0.3, -0.25) is 4.79 Å². The molecule has 1 aliphatic heterocycles. The number of carbonyl (C=O) groups is 1. The van der Waals surface area contributed by atoms with E-state index in [1.54, 1.807) is 12.1 Å². The van der Waals surface area contributed by atoms with E-state index in [-0.39, 0.29) is 11.7 Å². The van der Waals surface area contributed by atoms with Gasteiger partial charge in [0.05, 0.1) is 13.0 Å². The molecule has 1 amide bonds. The Balaban J connectivity index is 1.50. The van der Waals surface area contributed by atoms with Gasteiger partial charge in [0, 0.05) is 19.0 Å². The van der Waals surface area contributed by atoms with E-state index >= 15 is 0 Å². The number of likely N-dealkylation sites (tertiary alicyclic amines) is 1. The Bertz CT molecular complexity index is 657. The third-order valence-corrected chi connectivity index (χ3v) is 4.37. The average molecular weight is 327 g/mol. The Hall–Kier alpha value is -2.36. The molecule has 1 heterocycles. The topological polar surface area (TPSA) is 29.5 Å². The fourth-order valence-electron chi connectivity index (χ4n) is 3.05. The number of amides is 1. The molecule has 2 aromatic carbocycles. The molecule has 1 saturated heterocycles. The van der Waals surface area contributed by atoms with Crippen LogP contribution in [0, 0.1) is 11.7 Å². The summed E-state index contributed by atoms with van der Waals surface area (Å²) in [5.74, 6) is 0.901. The summed E-state index contributed by atoms with van der Waals surface area (Å²) in [5, 5.41) is 0. The van der Waals surface area contributed by atoms with Gasteiger partial charge in [0.1, 0.15) is 11.6 Å². The number of hydrogen-bond acceptors (Lipinski definition) is 2. The molecule has 0 aliphatic carbocycles. The van der Waals surface area contributed by atoms with Gasteiger partial charge in [-0.05, 0) is 42.7 Å². The lowest BCUT2D eigenvalue weighted by atomic mass is 9.98. The minimum atomic E-state index is -0.266. The predicted molar refractivity (Wildman–Crippen MR) is 91.3 cm³/mol. The van der Waals surface area contributed by atoms with Crippen LogP contribution in [0.25, 0.3) is 0 Å². The Morgan fingerprint density at radius 1 is 1.12 bits per heavy atom. The molecule has 0 spiro atoms. The van der Waals surface area contributed by atoms with Crippen LogP contribution in [0.3, 0.4) is 0 Å². The van der Waals surface area contributed by atoms with Gasteiger partial charge >= 0.3 is 0 Å². The molecule has 1 aliphatic rings. The number of ether oxygens (including phenoxy) is 1. The van der Waals surface area contributed by atoms with Gasteiger partial charge in [0.25, 0.3) is 0 Å². The number of halogens is 1. The molecule has 2 aromatic rings. The molecule has 1 fully saturated rings. The van der Waals surface area contributed by atoms with Crippen molar-refractivity contribution in [2.24, 2.45) is 5.92 Å². The Morgan fingerprint density at radius 2 is 1.88 bits per heavy atom. The fraction of sp³-hybridized carbons (Fsp3) is 0.350. The number of benzene rings is 2. The van der Waals surface area contributed by atoms with E-state index in [0.29, 0.717) is 24.7 Å². The van der Waals surface area contributed by atoms with E-state index in [4.69, 9.17) is 4.74 Å². The van der Waals surface area contributed by atoms with E-state index in [0.717, 1.165) is 31.5 Å². The summed E-state index contributed by atoms with van der Waals surface area (Å²) in [6, 6.07) is 15.9. The molecule has 3 nitrogen and oxygen atoms in total. The maximum atomic E-state index is 12.9. The lowest BCUT2D eigenvalue weighted by molar-refractivity contribution is -0.132. The van der Waals surface area contributed by atoms with Crippen molar-refractivity contribution >= 4 is 5.91 Å². The van der Waals surface area contributed by atoms with Crippen molar-refractivity contribution in [1.82, 2.24) is 4.90 Å². The maximum Gasteiger partial charge on any atom is 0.227 e. The monoisotopic (exact) mass is 327 g/mol. The van der Waals surface area contributed by atoms with Gasteiger partial charge in [-0.15, -0.1) is 0 Å². The third-order valence-electron chi connectivity index (χ3n) is 4.37. The van der Waals surface area contributed by atoms with E-state index in [1.165, 1.54) is 12.1 Å². The summed E-state index contributed by atoms with van der Waals surface area (Å²) in [6.07, 6.45) is 2.50. The predicted octanol–water partition coefficient (Wildman–Crippen LogP) is 3.69. The van der Waals surface area contributed by atoms with Crippen LogP contribution in [0.4, 0.5) is 4.39 Å². The van der Waals surface area contributed by atoms with Gasteiger partial charge in [0.15, 0.2) is 0 Å². The number of nitrogens with zero attached hydrogens (tertiary/aromatic N) is 1. The number of piperidine rings is 1. The molecule has 0 aromatic heterocycles. The van der Waals surface area contributed by atoms with Crippen molar-refractivity contribution in [2.75, 3.05) is 19.7 Å². The van der Waals surface area contributed by atoms with Crippen LogP contribution in [-0.2, 0) is 11.2 Å². The van der Waals surface area contributed by atoms with Crippen LogP contribution in [0.5, 0.6) is 5.75 Å². The van der Waals surface area contributed by atoms with Gasteiger partial charge in [-0.25, -0.2) is 4.39 Å². The molecule has 0 N–H and O–H groups in total. The van der Waals surface area contributed by atoms with Crippen molar-refractivity contribution in [1.29, 1.82) is 0 Å². The van der Waals surface area contributed by atoms with Crippen molar-refractivity contribution in [3.8, 4) is 5.75 Å². The first-order valence-corrected chi connectivity index (χ1v) is 8.41. The number of rotatable bonds is 5. The zero-order valence-corrected chi connectivity index (χ0v) is 13.7. The average Bonchev–Trinajstić information content (AvgIpc) is 2.62. The van der Waals surface area contributed by atoms with Crippen molar-refractivity contribution in [3.05, 3.63) is 66.0 Å². The van der Waals surface area contributed by atoms with E-state index in [9.17, 15) is 9.18 Å². The molecule has 0 saturated carbocycles. The molecule has 24 heavy (non-hydrogen) atoms.